The highest BCUT2D eigenvalue weighted by molar-refractivity contribution is 5.83. The van der Waals surface area contributed by atoms with Crippen LogP contribution in [0.4, 0.5) is 5.82 Å². The van der Waals surface area contributed by atoms with Gasteiger partial charge in [0, 0.05) is 12.4 Å². The summed E-state index contributed by atoms with van der Waals surface area (Å²) in [6.07, 6.45) is 2.13. The van der Waals surface area contributed by atoms with E-state index in [4.69, 9.17) is 5.73 Å². The van der Waals surface area contributed by atoms with E-state index < -0.39 is 0 Å². The van der Waals surface area contributed by atoms with Gasteiger partial charge in [-0.2, -0.15) is 5.10 Å². The Morgan fingerprint density at radius 1 is 1.47 bits per heavy atom. The minimum Gasteiger partial charge on any atom is -0.384 e. The van der Waals surface area contributed by atoms with Crippen molar-refractivity contribution in [1.82, 2.24) is 14.8 Å². The number of aromatic nitrogens is 3. The van der Waals surface area contributed by atoms with E-state index in [1.807, 2.05) is 20.0 Å². The predicted octanol–water partition coefficient (Wildman–Crippen LogP) is 1.81. The van der Waals surface area contributed by atoms with E-state index in [9.17, 15) is 0 Å². The summed E-state index contributed by atoms with van der Waals surface area (Å²) in [6.45, 7) is 4.17. The first kappa shape index (κ1) is 9.96. The summed E-state index contributed by atoms with van der Waals surface area (Å²) in [7, 11) is 1.90. The Labute approximate surface area is 89.1 Å². The van der Waals surface area contributed by atoms with Crippen LogP contribution in [0.2, 0.25) is 0 Å². The van der Waals surface area contributed by atoms with E-state index >= 15 is 0 Å². The molecule has 0 saturated heterocycles. The lowest BCUT2D eigenvalue weighted by Gasteiger charge is -2.03. The fraction of sp³-hybridized carbons (Fsp3) is 0.455. The number of anilines is 1. The molecule has 0 bridgehead atoms. The SMILES string of the molecule is CCCc1cc(N)nc2c1c(C)nn2C. The van der Waals surface area contributed by atoms with Gasteiger partial charge in [-0.25, -0.2) is 4.98 Å². The first-order valence-electron chi connectivity index (χ1n) is 5.22. The summed E-state index contributed by atoms with van der Waals surface area (Å²) in [6, 6.07) is 1.96. The zero-order chi connectivity index (χ0) is 11.0. The second-order valence-corrected chi connectivity index (χ2v) is 3.86. The quantitative estimate of drug-likeness (QED) is 0.811. The number of rotatable bonds is 2. The number of aryl methyl sites for hydroxylation is 3. The van der Waals surface area contributed by atoms with Crippen molar-refractivity contribution < 1.29 is 0 Å². The third-order valence-electron chi connectivity index (χ3n) is 2.59. The number of pyridine rings is 1. The van der Waals surface area contributed by atoms with Crippen LogP contribution in [0.3, 0.4) is 0 Å². The molecule has 0 aliphatic rings. The molecule has 0 aliphatic heterocycles. The van der Waals surface area contributed by atoms with Crippen molar-refractivity contribution in [2.24, 2.45) is 7.05 Å². The number of nitrogen functional groups attached to an aromatic ring is 1. The summed E-state index contributed by atoms with van der Waals surface area (Å²) in [5.74, 6) is 0.578. The third kappa shape index (κ3) is 1.56. The largest absolute Gasteiger partial charge is 0.384 e. The second-order valence-electron chi connectivity index (χ2n) is 3.86. The summed E-state index contributed by atoms with van der Waals surface area (Å²) in [5, 5.41) is 5.53. The van der Waals surface area contributed by atoms with Crippen LogP contribution in [0.5, 0.6) is 0 Å². The van der Waals surface area contributed by atoms with E-state index in [1.165, 1.54) is 5.56 Å². The molecule has 2 heterocycles. The maximum absolute atomic E-state index is 5.78. The van der Waals surface area contributed by atoms with E-state index in [-0.39, 0.29) is 0 Å². The van der Waals surface area contributed by atoms with E-state index in [2.05, 4.69) is 17.0 Å². The number of fused-ring (bicyclic) bond motifs is 1. The van der Waals surface area contributed by atoms with Crippen LogP contribution >= 0.6 is 0 Å². The zero-order valence-corrected chi connectivity index (χ0v) is 9.41. The Balaban J connectivity index is 2.77. The van der Waals surface area contributed by atoms with Gasteiger partial charge < -0.3 is 5.73 Å². The molecule has 0 saturated carbocycles. The lowest BCUT2D eigenvalue weighted by molar-refractivity contribution is 0.774. The number of hydrogen-bond donors (Lipinski definition) is 1. The summed E-state index contributed by atoms with van der Waals surface area (Å²) in [5.41, 5.74) is 8.95. The molecular weight excluding hydrogens is 188 g/mol. The summed E-state index contributed by atoms with van der Waals surface area (Å²) >= 11 is 0. The third-order valence-corrected chi connectivity index (χ3v) is 2.59. The minimum absolute atomic E-state index is 0.578. The molecule has 2 rings (SSSR count). The molecular formula is C11H16N4. The predicted molar refractivity (Wildman–Crippen MR) is 61.7 cm³/mol. The van der Waals surface area contributed by atoms with Gasteiger partial charge in [-0.3, -0.25) is 4.68 Å². The maximum Gasteiger partial charge on any atom is 0.160 e. The monoisotopic (exact) mass is 204 g/mol. The highest BCUT2D eigenvalue weighted by Gasteiger charge is 2.11. The van der Waals surface area contributed by atoms with Gasteiger partial charge in [-0.05, 0) is 25.0 Å². The number of nitrogens with two attached hydrogens (primary N) is 1. The van der Waals surface area contributed by atoms with Crippen LogP contribution in [0.25, 0.3) is 11.0 Å². The normalized spacial score (nSPS) is 11.1. The Bertz CT molecular complexity index is 499. The van der Waals surface area contributed by atoms with E-state index in [1.54, 1.807) is 4.68 Å². The first-order valence-corrected chi connectivity index (χ1v) is 5.22. The molecule has 0 atom stereocenters. The van der Waals surface area contributed by atoms with Gasteiger partial charge in [0.05, 0.1) is 5.69 Å². The van der Waals surface area contributed by atoms with Crippen LogP contribution in [0, 0.1) is 6.92 Å². The van der Waals surface area contributed by atoms with Gasteiger partial charge in [0.2, 0.25) is 0 Å². The van der Waals surface area contributed by atoms with Crippen LogP contribution < -0.4 is 5.73 Å². The molecule has 0 spiro atoms. The van der Waals surface area contributed by atoms with Gasteiger partial charge in [0.1, 0.15) is 5.82 Å². The fourth-order valence-corrected chi connectivity index (χ4v) is 2.02. The van der Waals surface area contributed by atoms with Gasteiger partial charge >= 0.3 is 0 Å². The molecule has 0 radical (unpaired) electrons. The van der Waals surface area contributed by atoms with E-state index in [0.717, 1.165) is 29.6 Å². The molecule has 2 aromatic heterocycles. The average Bonchev–Trinajstić information content (AvgIpc) is 2.42. The molecule has 2 aromatic rings. The molecule has 4 heteroatoms. The number of nitrogens with zero attached hydrogens (tertiary/aromatic N) is 3. The zero-order valence-electron chi connectivity index (χ0n) is 9.41. The van der Waals surface area contributed by atoms with Crippen molar-refractivity contribution in [2.45, 2.75) is 26.7 Å². The molecule has 0 aliphatic carbocycles. The molecule has 0 aromatic carbocycles. The minimum atomic E-state index is 0.578. The van der Waals surface area contributed by atoms with Gasteiger partial charge in [0.25, 0.3) is 0 Å². The smallest absolute Gasteiger partial charge is 0.160 e. The second kappa shape index (κ2) is 3.53. The molecule has 0 fully saturated rings. The Morgan fingerprint density at radius 3 is 2.87 bits per heavy atom. The fourth-order valence-electron chi connectivity index (χ4n) is 2.02. The lowest BCUT2D eigenvalue weighted by Crippen LogP contribution is -1.98. The van der Waals surface area contributed by atoms with Crippen molar-refractivity contribution in [1.29, 1.82) is 0 Å². The molecule has 0 unspecified atom stereocenters. The Hall–Kier alpha value is -1.58. The Kier molecular flexibility index (Phi) is 2.34. The molecule has 4 nitrogen and oxygen atoms in total. The standard InChI is InChI=1S/C11H16N4/c1-4-5-8-6-9(12)13-11-10(8)7(2)14-15(11)3/h6H,4-5H2,1-3H3,(H2,12,13). The van der Waals surface area contributed by atoms with E-state index in [0.29, 0.717) is 5.82 Å². The molecule has 15 heavy (non-hydrogen) atoms. The molecule has 80 valence electrons. The van der Waals surface area contributed by atoms with Crippen LogP contribution in [0.15, 0.2) is 6.07 Å². The van der Waals surface area contributed by atoms with Crippen molar-refractivity contribution >= 4 is 16.9 Å². The van der Waals surface area contributed by atoms with Gasteiger partial charge in [0.15, 0.2) is 5.65 Å². The van der Waals surface area contributed by atoms with Gasteiger partial charge in [-0.15, -0.1) is 0 Å². The molecule has 2 N–H and O–H groups in total. The van der Waals surface area contributed by atoms with Crippen LogP contribution in [-0.2, 0) is 13.5 Å². The highest BCUT2D eigenvalue weighted by Crippen LogP contribution is 2.23. The lowest BCUT2D eigenvalue weighted by atomic mass is 10.1. The Morgan fingerprint density at radius 2 is 2.20 bits per heavy atom. The van der Waals surface area contributed by atoms with Crippen molar-refractivity contribution in [3.8, 4) is 0 Å². The maximum atomic E-state index is 5.78. The highest BCUT2D eigenvalue weighted by atomic mass is 15.3. The van der Waals surface area contributed by atoms with Crippen molar-refractivity contribution in [3.05, 3.63) is 17.3 Å². The average molecular weight is 204 g/mol. The van der Waals surface area contributed by atoms with Crippen molar-refractivity contribution in [2.75, 3.05) is 5.73 Å². The molecule has 0 amide bonds. The van der Waals surface area contributed by atoms with Crippen LogP contribution in [0.1, 0.15) is 24.6 Å². The van der Waals surface area contributed by atoms with Crippen molar-refractivity contribution in [3.63, 3.8) is 0 Å². The topological polar surface area (TPSA) is 56.7 Å². The van der Waals surface area contributed by atoms with Gasteiger partial charge in [-0.1, -0.05) is 13.3 Å². The summed E-state index contributed by atoms with van der Waals surface area (Å²) < 4.78 is 1.79. The summed E-state index contributed by atoms with van der Waals surface area (Å²) in [4.78, 5) is 4.32. The number of hydrogen-bond acceptors (Lipinski definition) is 3. The van der Waals surface area contributed by atoms with Crippen LogP contribution in [-0.4, -0.2) is 14.8 Å². The first-order chi connectivity index (χ1) is 7.13.